The molecule has 1 rings (SSSR count). The summed E-state index contributed by atoms with van der Waals surface area (Å²) in [5, 5.41) is 1.99. The van der Waals surface area contributed by atoms with Gasteiger partial charge in [0.15, 0.2) is 0 Å². The second-order valence-electron chi connectivity index (χ2n) is 2.72. The molecule has 2 nitrogen and oxygen atoms in total. The number of alkyl halides is 2. The van der Waals surface area contributed by atoms with Crippen molar-refractivity contribution in [2.24, 2.45) is 10.4 Å². The van der Waals surface area contributed by atoms with Crippen molar-refractivity contribution >= 4 is 46.5 Å². The van der Waals surface area contributed by atoms with E-state index in [4.69, 9.17) is 23.2 Å². The Labute approximate surface area is 79.6 Å². The number of hydrogen-bond donors (Lipinski definition) is 0. The highest BCUT2D eigenvalue weighted by Crippen LogP contribution is 2.64. The molecule has 0 aliphatic heterocycles. The van der Waals surface area contributed by atoms with Crippen LogP contribution in [-0.2, 0) is 4.79 Å². The van der Waals surface area contributed by atoms with Gasteiger partial charge in [-0.15, -0.1) is 23.2 Å². The number of nitrogens with zero attached hydrogens (tertiary/aromatic N) is 1. The Morgan fingerprint density at radius 2 is 2.18 bits per heavy atom. The zero-order valence-corrected chi connectivity index (χ0v) is 8.06. The quantitative estimate of drug-likeness (QED) is 0.377. The normalized spacial score (nSPS) is 32.3. The van der Waals surface area contributed by atoms with Gasteiger partial charge < -0.3 is 0 Å². The minimum absolute atomic E-state index is 0.391. The van der Waals surface area contributed by atoms with E-state index in [0.717, 1.165) is 0 Å². The van der Waals surface area contributed by atoms with E-state index in [0.29, 0.717) is 6.42 Å². The van der Waals surface area contributed by atoms with Crippen LogP contribution in [0.2, 0.25) is 0 Å². The average Bonchev–Trinajstić information content (AvgIpc) is 2.35. The van der Waals surface area contributed by atoms with Crippen LogP contribution in [0.15, 0.2) is 4.99 Å². The second kappa shape index (κ2) is 2.53. The molecule has 0 radical (unpaired) electrons. The lowest BCUT2D eigenvalue weighted by Crippen LogP contribution is -2.15. The van der Waals surface area contributed by atoms with Crippen LogP contribution in [0.1, 0.15) is 13.3 Å². The number of halogens is 2. The molecule has 1 saturated carbocycles. The fourth-order valence-corrected chi connectivity index (χ4v) is 1.58. The summed E-state index contributed by atoms with van der Waals surface area (Å²) in [6, 6.07) is 0. The van der Waals surface area contributed by atoms with Crippen molar-refractivity contribution in [3.8, 4) is 0 Å². The highest BCUT2D eigenvalue weighted by atomic mass is 35.5. The van der Waals surface area contributed by atoms with Crippen LogP contribution in [0.3, 0.4) is 0 Å². The molecule has 60 valence electrons. The number of aliphatic imine (C=N–C) groups is 1. The summed E-state index contributed by atoms with van der Waals surface area (Å²) in [5.74, 6) is -0.391. The number of isothiocyanates is 1. The predicted octanol–water partition coefficient (Wildman–Crippen LogP) is 2.20. The number of amides is 1. The fourth-order valence-electron chi connectivity index (χ4n) is 0.797. The maximum absolute atomic E-state index is 11.1. The molecular formula is C6H5Cl2NOS. The third-order valence-corrected chi connectivity index (χ3v) is 3.07. The van der Waals surface area contributed by atoms with E-state index >= 15 is 0 Å². The largest absolute Gasteiger partial charge is 0.271 e. The summed E-state index contributed by atoms with van der Waals surface area (Å²) < 4.78 is -0.959. The number of rotatable bonds is 1. The topological polar surface area (TPSA) is 29.4 Å². The molecule has 0 aromatic carbocycles. The van der Waals surface area contributed by atoms with Gasteiger partial charge in [0.2, 0.25) is 0 Å². The van der Waals surface area contributed by atoms with E-state index in [2.05, 4.69) is 17.2 Å². The molecular weight excluding hydrogens is 205 g/mol. The molecule has 1 aliphatic carbocycles. The summed E-state index contributed by atoms with van der Waals surface area (Å²) in [6.45, 7) is 1.66. The van der Waals surface area contributed by atoms with E-state index in [1.807, 2.05) is 5.16 Å². The molecule has 1 fully saturated rings. The maximum atomic E-state index is 11.1. The Bertz CT molecular complexity index is 259. The number of carbonyl (C=O) groups excluding carboxylic acids is 1. The van der Waals surface area contributed by atoms with Gasteiger partial charge >= 0.3 is 0 Å². The van der Waals surface area contributed by atoms with Gasteiger partial charge in [0, 0.05) is 0 Å². The van der Waals surface area contributed by atoms with Gasteiger partial charge in [-0.2, -0.15) is 4.99 Å². The lowest BCUT2D eigenvalue weighted by molar-refractivity contribution is -0.122. The van der Waals surface area contributed by atoms with Gasteiger partial charge in [-0.25, -0.2) is 0 Å². The van der Waals surface area contributed by atoms with E-state index in [-0.39, 0.29) is 0 Å². The van der Waals surface area contributed by atoms with Crippen molar-refractivity contribution in [2.75, 3.05) is 0 Å². The second-order valence-corrected chi connectivity index (χ2v) is 4.39. The Balaban J connectivity index is 2.79. The number of hydrogen-bond acceptors (Lipinski definition) is 2. The third kappa shape index (κ3) is 1.34. The van der Waals surface area contributed by atoms with E-state index in [9.17, 15) is 4.79 Å². The molecule has 0 aromatic heterocycles. The molecule has 0 aromatic rings. The first-order chi connectivity index (χ1) is 4.94. The third-order valence-electron chi connectivity index (χ3n) is 1.88. The van der Waals surface area contributed by atoms with Crippen molar-refractivity contribution in [3.05, 3.63) is 0 Å². The number of thiocarbonyl (C=S) groups is 1. The van der Waals surface area contributed by atoms with E-state index in [1.165, 1.54) is 0 Å². The Morgan fingerprint density at radius 1 is 1.73 bits per heavy atom. The lowest BCUT2D eigenvalue weighted by atomic mass is 10.1. The molecule has 0 N–H and O–H groups in total. The molecule has 0 heterocycles. The molecule has 1 aliphatic rings. The van der Waals surface area contributed by atoms with Gasteiger partial charge in [-0.05, 0) is 25.6 Å². The van der Waals surface area contributed by atoms with Crippen LogP contribution >= 0.6 is 35.4 Å². The molecule has 1 amide bonds. The molecule has 0 saturated heterocycles. The first-order valence-electron chi connectivity index (χ1n) is 2.94. The summed E-state index contributed by atoms with van der Waals surface area (Å²) in [7, 11) is 0. The highest BCUT2D eigenvalue weighted by Gasteiger charge is 2.68. The Kier molecular flexibility index (Phi) is 2.10. The summed E-state index contributed by atoms with van der Waals surface area (Å²) in [4.78, 5) is 14.4. The summed E-state index contributed by atoms with van der Waals surface area (Å²) in [6.07, 6.45) is 0.433. The maximum Gasteiger partial charge on any atom is 0.263 e. The standard InChI is InChI=1S/C6H5Cl2NOS/c1-5(2-6(5,7)8)4(10)9-3-11/h2H2,1H3. The highest BCUT2D eigenvalue weighted by molar-refractivity contribution is 7.78. The molecule has 1 unspecified atom stereocenters. The Hall–Kier alpha value is 0.0500. The van der Waals surface area contributed by atoms with Crippen LogP contribution in [0, 0.1) is 5.41 Å². The number of carbonyl (C=O) groups is 1. The van der Waals surface area contributed by atoms with Gasteiger partial charge in [0.1, 0.15) is 4.33 Å². The average molecular weight is 210 g/mol. The van der Waals surface area contributed by atoms with Crippen molar-refractivity contribution in [1.82, 2.24) is 0 Å². The van der Waals surface area contributed by atoms with Crippen molar-refractivity contribution in [1.29, 1.82) is 0 Å². The predicted molar refractivity (Wildman–Crippen MR) is 47.2 cm³/mol. The SMILES string of the molecule is CC1(C(=O)N=C=S)CC1(Cl)Cl. The van der Waals surface area contributed by atoms with Crippen LogP contribution in [0.4, 0.5) is 0 Å². The van der Waals surface area contributed by atoms with Gasteiger partial charge in [-0.3, -0.25) is 4.79 Å². The first kappa shape index (κ1) is 9.14. The van der Waals surface area contributed by atoms with Crippen LogP contribution < -0.4 is 0 Å². The minimum Gasteiger partial charge on any atom is -0.271 e. The molecule has 0 spiro atoms. The van der Waals surface area contributed by atoms with Gasteiger partial charge in [0.25, 0.3) is 5.91 Å². The van der Waals surface area contributed by atoms with Crippen LogP contribution in [-0.4, -0.2) is 15.4 Å². The van der Waals surface area contributed by atoms with Crippen LogP contribution in [0.25, 0.3) is 0 Å². The monoisotopic (exact) mass is 209 g/mol. The first-order valence-corrected chi connectivity index (χ1v) is 4.10. The van der Waals surface area contributed by atoms with Crippen LogP contribution in [0.5, 0.6) is 0 Å². The van der Waals surface area contributed by atoms with Crippen molar-refractivity contribution in [2.45, 2.75) is 17.7 Å². The van der Waals surface area contributed by atoms with Gasteiger partial charge in [-0.1, -0.05) is 0 Å². The Morgan fingerprint density at radius 3 is 2.45 bits per heavy atom. The van der Waals surface area contributed by atoms with Gasteiger partial charge in [0.05, 0.1) is 10.6 Å². The summed E-state index contributed by atoms with van der Waals surface area (Å²) >= 11 is 15.7. The minimum atomic E-state index is -0.959. The molecule has 0 bridgehead atoms. The molecule has 1 atom stereocenters. The molecule has 11 heavy (non-hydrogen) atoms. The smallest absolute Gasteiger partial charge is 0.263 e. The zero-order valence-electron chi connectivity index (χ0n) is 5.73. The van der Waals surface area contributed by atoms with Crippen molar-refractivity contribution in [3.63, 3.8) is 0 Å². The summed E-state index contributed by atoms with van der Waals surface area (Å²) in [5.41, 5.74) is -0.748. The molecule has 5 heteroatoms. The van der Waals surface area contributed by atoms with Crippen molar-refractivity contribution < 1.29 is 4.79 Å². The fraction of sp³-hybridized carbons (Fsp3) is 0.667. The lowest BCUT2D eigenvalue weighted by Gasteiger charge is -2.03. The van der Waals surface area contributed by atoms with E-state index in [1.54, 1.807) is 6.92 Å². The zero-order chi connectivity index (χ0) is 8.70. The van der Waals surface area contributed by atoms with E-state index < -0.39 is 15.7 Å².